The van der Waals surface area contributed by atoms with Crippen LogP contribution in [0.3, 0.4) is 0 Å². The van der Waals surface area contributed by atoms with E-state index in [2.05, 4.69) is 5.32 Å². The molecule has 1 aliphatic rings. The third-order valence-electron chi connectivity index (χ3n) is 4.06. The monoisotopic (exact) mass is 311 g/mol. The lowest BCUT2D eigenvalue weighted by molar-refractivity contribution is -0.131. The third-order valence-corrected chi connectivity index (χ3v) is 4.06. The van der Waals surface area contributed by atoms with Crippen molar-refractivity contribution in [3.8, 4) is 5.75 Å². The first kappa shape index (κ1) is 15.6. The Morgan fingerprint density at radius 1 is 1.17 bits per heavy atom. The first-order valence-corrected chi connectivity index (χ1v) is 7.78. The average molecular weight is 311 g/mol. The standard InChI is InChI=1S/C19H21NO3/c1-19(2)12-15(14-10-6-7-11-16(14)23-19)20-18(22)17(21)13-8-4-3-5-9-13/h3-11,15,17,21H,12H2,1-2H3,(H,20,22). The molecule has 2 unspecified atom stereocenters. The molecule has 0 bridgehead atoms. The summed E-state index contributed by atoms with van der Waals surface area (Å²) in [5.74, 6) is 0.386. The minimum absolute atomic E-state index is 0.180. The Balaban J connectivity index is 1.81. The average Bonchev–Trinajstić information content (AvgIpc) is 2.54. The second-order valence-corrected chi connectivity index (χ2v) is 6.48. The molecule has 3 rings (SSSR count). The first-order chi connectivity index (χ1) is 11.0. The molecule has 0 spiro atoms. The van der Waals surface area contributed by atoms with E-state index in [4.69, 9.17) is 4.74 Å². The van der Waals surface area contributed by atoms with E-state index in [9.17, 15) is 9.90 Å². The molecule has 1 aliphatic heterocycles. The molecule has 0 saturated heterocycles. The van der Waals surface area contributed by atoms with Crippen LogP contribution in [0.2, 0.25) is 0 Å². The smallest absolute Gasteiger partial charge is 0.253 e. The maximum atomic E-state index is 12.4. The van der Waals surface area contributed by atoms with Crippen LogP contribution in [0.25, 0.3) is 0 Å². The van der Waals surface area contributed by atoms with Gasteiger partial charge in [-0.25, -0.2) is 0 Å². The lowest BCUT2D eigenvalue weighted by Gasteiger charge is -2.38. The fourth-order valence-electron chi connectivity index (χ4n) is 2.97. The SMILES string of the molecule is CC1(C)CC(NC(=O)C(O)c2ccccc2)c2ccccc2O1. The number of rotatable bonds is 3. The Labute approximate surface area is 136 Å². The third kappa shape index (κ3) is 3.37. The largest absolute Gasteiger partial charge is 0.487 e. The molecule has 0 aliphatic carbocycles. The molecule has 1 amide bonds. The van der Waals surface area contributed by atoms with Gasteiger partial charge < -0.3 is 15.2 Å². The lowest BCUT2D eigenvalue weighted by Crippen LogP contribution is -2.42. The van der Waals surface area contributed by atoms with Crippen LogP contribution in [-0.4, -0.2) is 16.6 Å². The number of carbonyl (C=O) groups is 1. The zero-order valence-electron chi connectivity index (χ0n) is 13.3. The van der Waals surface area contributed by atoms with Crippen LogP contribution >= 0.6 is 0 Å². The highest BCUT2D eigenvalue weighted by Crippen LogP contribution is 2.39. The number of aliphatic hydroxyl groups excluding tert-OH is 1. The zero-order chi connectivity index (χ0) is 16.4. The van der Waals surface area contributed by atoms with Crippen LogP contribution < -0.4 is 10.1 Å². The molecule has 2 atom stereocenters. The van der Waals surface area contributed by atoms with Gasteiger partial charge in [0.2, 0.25) is 0 Å². The topological polar surface area (TPSA) is 58.6 Å². The van der Waals surface area contributed by atoms with Gasteiger partial charge in [0.25, 0.3) is 5.91 Å². The number of para-hydroxylation sites is 1. The highest BCUT2D eigenvalue weighted by atomic mass is 16.5. The normalized spacial score (nSPS) is 20.0. The van der Waals surface area contributed by atoms with E-state index in [1.165, 1.54) is 0 Å². The van der Waals surface area contributed by atoms with Gasteiger partial charge in [-0.2, -0.15) is 0 Å². The molecule has 0 saturated carbocycles. The number of hydrogen-bond acceptors (Lipinski definition) is 3. The second-order valence-electron chi connectivity index (χ2n) is 6.48. The van der Waals surface area contributed by atoms with Gasteiger partial charge in [0.05, 0.1) is 6.04 Å². The van der Waals surface area contributed by atoms with Crippen molar-refractivity contribution in [1.82, 2.24) is 5.32 Å². The van der Waals surface area contributed by atoms with Crippen molar-refractivity contribution in [3.63, 3.8) is 0 Å². The minimum Gasteiger partial charge on any atom is -0.487 e. The van der Waals surface area contributed by atoms with Crippen molar-refractivity contribution >= 4 is 5.91 Å². The lowest BCUT2D eigenvalue weighted by atomic mass is 9.89. The van der Waals surface area contributed by atoms with Crippen LogP contribution in [0.1, 0.15) is 43.5 Å². The molecule has 2 aromatic rings. The van der Waals surface area contributed by atoms with E-state index >= 15 is 0 Å². The fourth-order valence-corrected chi connectivity index (χ4v) is 2.97. The summed E-state index contributed by atoms with van der Waals surface area (Å²) >= 11 is 0. The van der Waals surface area contributed by atoms with Crippen molar-refractivity contribution in [2.45, 2.75) is 38.0 Å². The van der Waals surface area contributed by atoms with Gasteiger partial charge in [0.1, 0.15) is 11.4 Å². The maximum Gasteiger partial charge on any atom is 0.253 e. The Bertz CT molecular complexity index is 697. The second kappa shape index (κ2) is 6.05. The van der Waals surface area contributed by atoms with E-state index in [-0.39, 0.29) is 11.6 Å². The number of hydrogen-bond donors (Lipinski definition) is 2. The van der Waals surface area contributed by atoms with Crippen LogP contribution in [0.5, 0.6) is 5.75 Å². The first-order valence-electron chi connectivity index (χ1n) is 7.78. The minimum atomic E-state index is -1.17. The summed E-state index contributed by atoms with van der Waals surface area (Å²) in [4.78, 5) is 12.4. The summed E-state index contributed by atoms with van der Waals surface area (Å²) in [6, 6.07) is 16.5. The van der Waals surface area contributed by atoms with Crippen molar-refractivity contribution in [2.75, 3.05) is 0 Å². The molecular weight excluding hydrogens is 290 g/mol. The molecule has 0 radical (unpaired) electrons. The molecular formula is C19H21NO3. The van der Waals surface area contributed by atoms with E-state index in [1.54, 1.807) is 24.3 Å². The predicted octanol–water partition coefficient (Wildman–Crippen LogP) is 3.14. The molecule has 2 aromatic carbocycles. The Morgan fingerprint density at radius 3 is 2.57 bits per heavy atom. The Hall–Kier alpha value is -2.33. The number of aliphatic hydroxyl groups is 1. The summed E-state index contributed by atoms with van der Waals surface area (Å²) < 4.78 is 5.96. The fraction of sp³-hybridized carbons (Fsp3) is 0.316. The van der Waals surface area contributed by atoms with Crippen molar-refractivity contribution in [2.24, 2.45) is 0 Å². The predicted molar refractivity (Wildman–Crippen MR) is 88.1 cm³/mol. The zero-order valence-corrected chi connectivity index (χ0v) is 13.3. The van der Waals surface area contributed by atoms with Gasteiger partial charge in [-0.05, 0) is 25.5 Å². The van der Waals surface area contributed by atoms with Crippen LogP contribution in [0, 0.1) is 0 Å². The van der Waals surface area contributed by atoms with Crippen LogP contribution in [-0.2, 0) is 4.79 Å². The molecule has 2 N–H and O–H groups in total. The molecule has 120 valence electrons. The summed E-state index contributed by atoms with van der Waals surface area (Å²) in [6.07, 6.45) is -0.522. The molecule has 0 fully saturated rings. The van der Waals surface area contributed by atoms with E-state index in [0.29, 0.717) is 12.0 Å². The summed E-state index contributed by atoms with van der Waals surface area (Å²) in [6.45, 7) is 3.99. The van der Waals surface area contributed by atoms with Crippen LogP contribution in [0.15, 0.2) is 54.6 Å². The van der Waals surface area contributed by atoms with Gasteiger partial charge in [-0.1, -0.05) is 48.5 Å². The van der Waals surface area contributed by atoms with Crippen molar-refractivity contribution in [1.29, 1.82) is 0 Å². The van der Waals surface area contributed by atoms with E-state index in [1.807, 2.05) is 44.2 Å². The van der Waals surface area contributed by atoms with Crippen molar-refractivity contribution in [3.05, 3.63) is 65.7 Å². The van der Waals surface area contributed by atoms with E-state index < -0.39 is 12.0 Å². The molecule has 1 heterocycles. The number of fused-ring (bicyclic) bond motifs is 1. The Morgan fingerprint density at radius 2 is 1.83 bits per heavy atom. The number of nitrogens with one attached hydrogen (secondary N) is 1. The van der Waals surface area contributed by atoms with Gasteiger partial charge in [-0.3, -0.25) is 4.79 Å². The number of carbonyl (C=O) groups excluding carboxylic acids is 1. The van der Waals surface area contributed by atoms with E-state index in [0.717, 1.165) is 11.3 Å². The van der Waals surface area contributed by atoms with Gasteiger partial charge in [0, 0.05) is 12.0 Å². The number of benzene rings is 2. The molecule has 23 heavy (non-hydrogen) atoms. The summed E-state index contributed by atoms with van der Waals surface area (Å²) in [5.41, 5.74) is 1.16. The highest BCUT2D eigenvalue weighted by molar-refractivity contribution is 5.82. The van der Waals surface area contributed by atoms with Gasteiger partial charge in [-0.15, -0.1) is 0 Å². The van der Waals surface area contributed by atoms with Gasteiger partial charge >= 0.3 is 0 Å². The highest BCUT2D eigenvalue weighted by Gasteiger charge is 2.35. The van der Waals surface area contributed by atoms with Crippen molar-refractivity contribution < 1.29 is 14.6 Å². The summed E-state index contributed by atoms with van der Waals surface area (Å²) in [5, 5.41) is 13.2. The molecule has 0 aromatic heterocycles. The maximum absolute atomic E-state index is 12.4. The van der Waals surface area contributed by atoms with Crippen LogP contribution in [0.4, 0.5) is 0 Å². The number of amides is 1. The molecule has 4 heteroatoms. The quantitative estimate of drug-likeness (QED) is 0.915. The van der Waals surface area contributed by atoms with Gasteiger partial charge in [0.15, 0.2) is 6.10 Å². The molecule has 4 nitrogen and oxygen atoms in total. The Kier molecular flexibility index (Phi) is 4.09. The number of ether oxygens (including phenoxy) is 1. The summed E-state index contributed by atoms with van der Waals surface area (Å²) in [7, 11) is 0.